The van der Waals surface area contributed by atoms with Crippen LogP contribution in [0, 0.1) is 0 Å². The Morgan fingerprint density at radius 2 is 1.95 bits per heavy atom. The Hall–Kier alpha value is -1.85. The zero-order valence-corrected chi connectivity index (χ0v) is 13.1. The number of hydrogen-bond acceptors (Lipinski definition) is 4. The molecule has 0 aliphatic carbocycles. The van der Waals surface area contributed by atoms with Crippen molar-refractivity contribution in [3.8, 4) is 0 Å². The van der Waals surface area contributed by atoms with Gasteiger partial charge >= 0.3 is 0 Å². The number of rotatable bonds is 6. The first-order valence-electron chi connectivity index (χ1n) is 7.09. The molecule has 0 spiro atoms. The zero-order chi connectivity index (χ0) is 15.4. The molecule has 0 aliphatic rings. The van der Waals surface area contributed by atoms with E-state index in [0.717, 1.165) is 23.1 Å². The Morgan fingerprint density at radius 3 is 2.62 bits per heavy atom. The minimum atomic E-state index is -0.0710. The molecule has 5 nitrogen and oxygen atoms in total. The van der Waals surface area contributed by atoms with Gasteiger partial charge in [-0.05, 0) is 27.2 Å². The Balaban J connectivity index is 2.39. The van der Waals surface area contributed by atoms with Gasteiger partial charge in [-0.3, -0.25) is 4.79 Å². The summed E-state index contributed by atoms with van der Waals surface area (Å²) in [6, 6.07) is 7.79. The Labute approximate surface area is 125 Å². The summed E-state index contributed by atoms with van der Waals surface area (Å²) in [4.78, 5) is 16.3. The van der Waals surface area contributed by atoms with E-state index in [2.05, 4.69) is 5.32 Å². The highest BCUT2D eigenvalue weighted by molar-refractivity contribution is 5.99. The van der Waals surface area contributed by atoms with Crippen LogP contribution in [0.5, 0.6) is 0 Å². The van der Waals surface area contributed by atoms with Gasteiger partial charge in [0.05, 0.1) is 0 Å². The molecular formula is C16H23N3O2. The topological polar surface area (TPSA) is 48.7 Å². The van der Waals surface area contributed by atoms with E-state index in [0.29, 0.717) is 18.8 Å². The number of para-hydroxylation sites is 1. The lowest BCUT2D eigenvalue weighted by molar-refractivity contribution is 0.0765. The summed E-state index contributed by atoms with van der Waals surface area (Å²) >= 11 is 0. The summed E-state index contributed by atoms with van der Waals surface area (Å²) in [5, 5.41) is 4.06. The fourth-order valence-electron chi connectivity index (χ4n) is 2.30. The Bertz CT molecular complexity index is 619. The second-order valence-electron chi connectivity index (χ2n) is 5.47. The van der Waals surface area contributed by atoms with Gasteiger partial charge < -0.3 is 19.5 Å². The maximum absolute atomic E-state index is 12.6. The van der Waals surface area contributed by atoms with E-state index < -0.39 is 0 Å². The molecule has 114 valence electrons. The summed E-state index contributed by atoms with van der Waals surface area (Å²) in [5.41, 5.74) is 1.72. The van der Waals surface area contributed by atoms with E-state index in [4.69, 9.17) is 4.42 Å². The third-order valence-electron chi connectivity index (χ3n) is 3.41. The van der Waals surface area contributed by atoms with Crippen LogP contribution < -0.4 is 5.32 Å². The molecular weight excluding hydrogens is 266 g/mol. The van der Waals surface area contributed by atoms with Crippen molar-refractivity contribution in [2.45, 2.75) is 6.54 Å². The van der Waals surface area contributed by atoms with E-state index in [-0.39, 0.29) is 5.91 Å². The number of benzene rings is 1. The van der Waals surface area contributed by atoms with Crippen molar-refractivity contribution in [2.75, 3.05) is 41.3 Å². The number of carbonyl (C=O) groups excluding carboxylic acids is 1. The van der Waals surface area contributed by atoms with Crippen LogP contribution >= 0.6 is 0 Å². The van der Waals surface area contributed by atoms with Gasteiger partial charge in [0, 0.05) is 37.6 Å². The fraction of sp³-hybridized carbons (Fsp3) is 0.438. The van der Waals surface area contributed by atoms with E-state index in [1.165, 1.54) is 0 Å². The first-order valence-corrected chi connectivity index (χ1v) is 7.09. The molecule has 1 N–H and O–H groups in total. The van der Waals surface area contributed by atoms with Gasteiger partial charge in [0.1, 0.15) is 5.58 Å². The lowest BCUT2D eigenvalue weighted by Crippen LogP contribution is -2.33. The van der Waals surface area contributed by atoms with Crippen LogP contribution in [0.3, 0.4) is 0 Å². The van der Waals surface area contributed by atoms with Crippen molar-refractivity contribution in [1.82, 2.24) is 15.1 Å². The molecule has 1 heterocycles. The van der Waals surface area contributed by atoms with Crippen LogP contribution in [0.25, 0.3) is 11.0 Å². The van der Waals surface area contributed by atoms with Crippen LogP contribution in [0.2, 0.25) is 0 Å². The highest BCUT2D eigenvalue weighted by atomic mass is 16.3. The third kappa shape index (κ3) is 3.43. The summed E-state index contributed by atoms with van der Waals surface area (Å²) < 4.78 is 5.82. The monoisotopic (exact) mass is 289 g/mol. The molecule has 0 saturated heterocycles. The third-order valence-corrected chi connectivity index (χ3v) is 3.41. The predicted octanol–water partition coefficient (Wildman–Crippen LogP) is 1.79. The number of nitrogens with zero attached hydrogens (tertiary/aromatic N) is 2. The highest BCUT2D eigenvalue weighted by Gasteiger charge is 2.23. The standard InChI is InChI=1S/C16H23N3O2/c1-17-9-10-19(4)16(20)15-13(11-18(2)3)12-7-5-6-8-14(12)21-15/h5-8,17H,9-11H2,1-4H3. The zero-order valence-electron chi connectivity index (χ0n) is 13.1. The fourth-order valence-corrected chi connectivity index (χ4v) is 2.30. The van der Waals surface area contributed by atoms with E-state index in [1.807, 2.05) is 50.3 Å². The summed E-state index contributed by atoms with van der Waals surface area (Å²) in [6.07, 6.45) is 0. The molecule has 0 saturated carbocycles. The highest BCUT2D eigenvalue weighted by Crippen LogP contribution is 2.27. The van der Waals surface area contributed by atoms with Gasteiger partial charge in [-0.2, -0.15) is 0 Å². The first-order chi connectivity index (χ1) is 10.0. The molecule has 2 rings (SSSR count). The predicted molar refractivity (Wildman–Crippen MR) is 84.5 cm³/mol. The lowest BCUT2D eigenvalue weighted by atomic mass is 10.1. The van der Waals surface area contributed by atoms with Crippen molar-refractivity contribution >= 4 is 16.9 Å². The average molecular weight is 289 g/mol. The minimum absolute atomic E-state index is 0.0710. The molecule has 0 atom stereocenters. The second kappa shape index (κ2) is 6.74. The van der Waals surface area contributed by atoms with Crippen molar-refractivity contribution in [3.05, 3.63) is 35.6 Å². The van der Waals surface area contributed by atoms with Gasteiger partial charge in [0.15, 0.2) is 5.76 Å². The number of hydrogen-bond donors (Lipinski definition) is 1. The van der Waals surface area contributed by atoms with Crippen LogP contribution in [0.1, 0.15) is 16.1 Å². The molecule has 0 fully saturated rings. The molecule has 1 aromatic heterocycles. The van der Waals surface area contributed by atoms with Gasteiger partial charge in [0.2, 0.25) is 0 Å². The Morgan fingerprint density at radius 1 is 1.24 bits per heavy atom. The maximum atomic E-state index is 12.6. The average Bonchev–Trinajstić information content (AvgIpc) is 2.82. The van der Waals surface area contributed by atoms with Crippen molar-refractivity contribution < 1.29 is 9.21 Å². The molecule has 0 aliphatic heterocycles. The van der Waals surface area contributed by atoms with Crippen LogP contribution in [0.15, 0.2) is 28.7 Å². The molecule has 0 radical (unpaired) electrons. The van der Waals surface area contributed by atoms with Gasteiger partial charge in [-0.15, -0.1) is 0 Å². The first kappa shape index (κ1) is 15.5. The van der Waals surface area contributed by atoms with Gasteiger partial charge in [-0.1, -0.05) is 18.2 Å². The van der Waals surface area contributed by atoms with E-state index >= 15 is 0 Å². The summed E-state index contributed by atoms with van der Waals surface area (Å²) in [5.74, 6) is 0.377. The van der Waals surface area contributed by atoms with E-state index in [9.17, 15) is 4.79 Å². The normalized spacial score (nSPS) is 11.3. The Kier molecular flexibility index (Phi) is 4.98. The molecule has 0 bridgehead atoms. The quantitative estimate of drug-likeness (QED) is 0.881. The molecule has 1 amide bonds. The molecule has 1 aromatic carbocycles. The van der Waals surface area contributed by atoms with Crippen LogP contribution in [-0.2, 0) is 6.54 Å². The van der Waals surface area contributed by atoms with Crippen molar-refractivity contribution in [2.24, 2.45) is 0 Å². The van der Waals surface area contributed by atoms with E-state index in [1.54, 1.807) is 11.9 Å². The van der Waals surface area contributed by atoms with Gasteiger partial charge in [0.25, 0.3) is 5.91 Å². The number of carbonyl (C=O) groups is 1. The second-order valence-corrected chi connectivity index (χ2v) is 5.47. The molecule has 21 heavy (non-hydrogen) atoms. The maximum Gasteiger partial charge on any atom is 0.289 e. The number of fused-ring (bicyclic) bond motifs is 1. The summed E-state index contributed by atoms with van der Waals surface area (Å²) in [7, 11) is 7.64. The lowest BCUT2D eigenvalue weighted by Gasteiger charge is -2.17. The molecule has 5 heteroatoms. The number of likely N-dealkylation sites (N-methyl/N-ethyl adjacent to an activating group) is 2. The number of amides is 1. The number of nitrogens with one attached hydrogen (secondary N) is 1. The van der Waals surface area contributed by atoms with Crippen LogP contribution in [-0.4, -0.2) is 57.0 Å². The SMILES string of the molecule is CNCCN(C)C(=O)c1oc2ccccc2c1CN(C)C. The largest absolute Gasteiger partial charge is 0.451 e. The molecule has 0 unspecified atom stereocenters. The molecule has 2 aromatic rings. The van der Waals surface area contributed by atoms with Crippen molar-refractivity contribution in [1.29, 1.82) is 0 Å². The van der Waals surface area contributed by atoms with Gasteiger partial charge in [-0.25, -0.2) is 0 Å². The number of furan rings is 1. The minimum Gasteiger partial charge on any atom is -0.451 e. The smallest absolute Gasteiger partial charge is 0.289 e. The van der Waals surface area contributed by atoms with Crippen molar-refractivity contribution in [3.63, 3.8) is 0 Å². The summed E-state index contributed by atoms with van der Waals surface area (Å²) in [6.45, 7) is 2.08. The van der Waals surface area contributed by atoms with Crippen LogP contribution in [0.4, 0.5) is 0 Å².